The van der Waals surface area contributed by atoms with Crippen LogP contribution in [-0.2, 0) is 0 Å². The molecule has 4 rings (SSSR count). The molecule has 0 radical (unpaired) electrons. The summed E-state index contributed by atoms with van der Waals surface area (Å²) in [5.41, 5.74) is 1.70. The van der Waals surface area contributed by atoms with Gasteiger partial charge in [0, 0.05) is 45.9 Å². The maximum Gasteiger partial charge on any atom is 0.337 e. The van der Waals surface area contributed by atoms with Crippen molar-refractivity contribution in [3.63, 3.8) is 0 Å². The quantitative estimate of drug-likeness (QED) is 0.304. The second-order valence-electron chi connectivity index (χ2n) is 9.17. The highest BCUT2D eigenvalue weighted by molar-refractivity contribution is 6.09. The van der Waals surface area contributed by atoms with Gasteiger partial charge in [0.25, 0.3) is 5.91 Å². The maximum absolute atomic E-state index is 13.1. The van der Waals surface area contributed by atoms with Gasteiger partial charge >= 0.3 is 5.97 Å². The van der Waals surface area contributed by atoms with E-state index in [1.807, 2.05) is 30.3 Å². The van der Waals surface area contributed by atoms with Crippen molar-refractivity contribution >= 4 is 17.6 Å². The van der Waals surface area contributed by atoms with E-state index in [0.717, 1.165) is 56.8 Å². The molecule has 0 atom stereocenters. The Morgan fingerprint density at radius 1 is 0.842 bits per heavy atom. The number of hydrogen-bond acceptors (Lipinski definition) is 7. The van der Waals surface area contributed by atoms with Crippen LogP contribution < -0.4 is 10.1 Å². The lowest BCUT2D eigenvalue weighted by Crippen LogP contribution is -2.47. The van der Waals surface area contributed by atoms with Crippen molar-refractivity contribution in [2.45, 2.75) is 6.42 Å². The minimum atomic E-state index is -1.17. The van der Waals surface area contributed by atoms with Crippen molar-refractivity contribution in [3.8, 4) is 22.6 Å². The number of carboxylic acid groups (broad SMARTS) is 1. The molecule has 1 aliphatic rings. The molecule has 0 spiro atoms. The standard InChI is InChI=1S/C29H33N3O6/c33-17-4-11-31-12-14-32(15-13-31)16-18-38-23-8-10-27(34)25(20-23)28(35)30-26-19-22(7-9-24(26)29(36)37)21-5-2-1-3-6-21/h1-3,5-10,19-20,33-34H,4,11-18H2,(H,30,35)(H,36,37). The fraction of sp³-hybridized carbons (Fsp3) is 0.310. The summed E-state index contributed by atoms with van der Waals surface area (Å²) >= 11 is 0. The molecule has 3 aromatic rings. The third-order valence-corrected chi connectivity index (χ3v) is 6.59. The molecule has 200 valence electrons. The number of phenolic OH excluding ortho intramolecular Hbond substituents is 1. The zero-order valence-corrected chi connectivity index (χ0v) is 21.2. The number of carbonyl (C=O) groups is 2. The lowest BCUT2D eigenvalue weighted by molar-refractivity contribution is 0.0698. The highest BCUT2D eigenvalue weighted by Gasteiger charge is 2.19. The van der Waals surface area contributed by atoms with E-state index in [0.29, 0.717) is 12.4 Å². The first kappa shape index (κ1) is 27.1. The van der Waals surface area contributed by atoms with Gasteiger partial charge in [-0.1, -0.05) is 36.4 Å². The third kappa shape index (κ3) is 7.10. The average molecular weight is 520 g/mol. The molecule has 1 saturated heterocycles. The second-order valence-corrected chi connectivity index (χ2v) is 9.17. The van der Waals surface area contributed by atoms with Crippen molar-refractivity contribution in [2.24, 2.45) is 0 Å². The Balaban J connectivity index is 1.39. The maximum atomic E-state index is 13.1. The number of aromatic hydroxyl groups is 1. The fourth-order valence-electron chi connectivity index (χ4n) is 4.44. The van der Waals surface area contributed by atoms with Crippen LogP contribution >= 0.6 is 0 Å². The van der Waals surface area contributed by atoms with E-state index in [1.165, 1.54) is 18.2 Å². The van der Waals surface area contributed by atoms with Crippen LogP contribution in [-0.4, -0.2) is 89.5 Å². The SMILES string of the molecule is O=C(Nc1cc(-c2ccccc2)ccc1C(=O)O)c1cc(OCCN2CCN(CCCO)CC2)ccc1O. The summed E-state index contributed by atoms with van der Waals surface area (Å²) in [6, 6.07) is 18.6. The zero-order chi connectivity index (χ0) is 26.9. The van der Waals surface area contributed by atoms with Gasteiger partial charge in [0.05, 0.1) is 16.8 Å². The summed E-state index contributed by atoms with van der Waals surface area (Å²) in [6.07, 6.45) is 0.788. The van der Waals surface area contributed by atoms with Gasteiger partial charge in [0.15, 0.2) is 0 Å². The Hall–Kier alpha value is -3.92. The van der Waals surface area contributed by atoms with Crippen LogP contribution in [0.1, 0.15) is 27.1 Å². The van der Waals surface area contributed by atoms with Crippen molar-refractivity contribution in [1.82, 2.24) is 9.80 Å². The normalized spacial score (nSPS) is 14.2. The van der Waals surface area contributed by atoms with Crippen molar-refractivity contribution in [1.29, 1.82) is 0 Å². The number of benzene rings is 3. The zero-order valence-electron chi connectivity index (χ0n) is 21.2. The van der Waals surface area contributed by atoms with Gasteiger partial charge in [-0.2, -0.15) is 0 Å². The monoisotopic (exact) mass is 519 g/mol. The number of aliphatic hydroxyl groups is 1. The molecule has 1 aliphatic heterocycles. The van der Waals surface area contributed by atoms with E-state index in [2.05, 4.69) is 15.1 Å². The first-order valence-corrected chi connectivity index (χ1v) is 12.7. The predicted octanol–water partition coefficient (Wildman–Crippen LogP) is 3.39. The van der Waals surface area contributed by atoms with Crippen LogP contribution in [0.15, 0.2) is 66.7 Å². The number of piperazine rings is 1. The molecular formula is C29H33N3O6. The lowest BCUT2D eigenvalue weighted by Gasteiger charge is -2.34. The number of nitrogens with one attached hydrogen (secondary N) is 1. The van der Waals surface area contributed by atoms with Crippen LogP contribution in [0, 0.1) is 0 Å². The molecule has 4 N–H and O–H groups in total. The number of phenols is 1. The Bertz CT molecular complexity index is 1240. The summed E-state index contributed by atoms with van der Waals surface area (Å²) in [4.78, 5) is 29.5. The number of amides is 1. The Morgan fingerprint density at radius 3 is 2.24 bits per heavy atom. The number of anilines is 1. The number of hydrogen-bond donors (Lipinski definition) is 4. The van der Waals surface area contributed by atoms with Gasteiger partial charge in [-0.05, 0) is 47.9 Å². The number of carboxylic acids is 1. The molecule has 38 heavy (non-hydrogen) atoms. The molecule has 0 bridgehead atoms. The van der Waals surface area contributed by atoms with E-state index < -0.39 is 11.9 Å². The van der Waals surface area contributed by atoms with Crippen LogP contribution in [0.3, 0.4) is 0 Å². The molecule has 1 heterocycles. The van der Waals surface area contributed by atoms with Gasteiger partial charge in [-0.25, -0.2) is 4.79 Å². The van der Waals surface area contributed by atoms with Crippen molar-refractivity contribution < 1.29 is 29.6 Å². The number of aliphatic hydroxyl groups excluding tert-OH is 1. The Kier molecular flexibility index (Phi) is 9.31. The average Bonchev–Trinajstić information content (AvgIpc) is 2.93. The summed E-state index contributed by atoms with van der Waals surface area (Å²) < 4.78 is 5.86. The van der Waals surface area contributed by atoms with Gasteiger partial charge in [-0.3, -0.25) is 9.69 Å². The summed E-state index contributed by atoms with van der Waals surface area (Å²) in [5, 5.41) is 31.6. The van der Waals surface area contributed by atoms with Crippen molar-refractivity contribution in [2.75, 3.05) is 57.8 Å². The van der Waals surface area contributed by atoms with Gasteiger partial charge in [-0.15, -0.1) is 0 Å². The van der Waals surface area contributed by atoms with E-state index >= 15 is 0 Å². The Labute approximate surface area is 221 Å². The fourth-order valence-corrected chi connectivity index (χ4v) is 4.44. The molecule has 0 unspecified atom stereocenters. The molecule has 9 nitrogen and oxygen atoms in total. The highest BCUT2D eigenvalue weighted by atomic mass is 16.5. The van der Waals surface area contributed by atoms with Gasteiger partial charge in [0.1, 0.15) is 18.1 Å². The van der Waals surface area contributed by atoms with E-state index in [9.17, 15) is 19.8 Å². The van der Waals surface area contributed by atoms with Crippen LogP contribution in [0.5, 0.6) is 11.5 Å². The molecule has 3 aromatic carbocycles. The van der Waals surface area contributed by atoms with Crippen LogP contribution in [0.4, 0.5) is 5.69 Å². The molecule has 1 amide bonds. The molecule has 9 heteroatoms. The lowest BCUT2D eigenvalue weighted by atomic mass is 10.0. The number of rotatable bonds is 11. The van der Waals surface area contributed by atoms with Gasteiger partial charge < -0.3 is 30.3 Å². The molecule has 0 aliphatic carbocycles. The summed E-state index contributed by atoms with van der Waals surface area (Å²) in [7, 11) is 0. The number of ether oxygens (including phenoxy) is 1. The number of nitrogens with zero attached hydrogens (tertiary/aromatic N) is 2. The first-order chi connectivity index (χ1) is 18.4. The highest BCUT2D eigenvalue weighted by Crippen LogP contribution is 2.28. The Morgan fingerprint density at radius 2 is 1.55 bits per heavy atom. The van der Waals surface area contributed by atoms with E-state index in [-0.39, 0.29) is 29.2 Å². The number of aromatic carboxylic acids is 1. The molecule has 0 saturated carbocycles. The second kappa shape index (κ2) is 13.0. The topological polar surface area (TPSA) is 123 Å². The number of carbonyl (C=O) groups excluding carboxylic acids is 1. The first-order valence-electron chi connectivity index (χ1n) is 12.7. The largest absolute Gasteiger partial charge is 0.507 e. The molecule has 1 fully saturated rings. The predicted molar refractivity (Wildman–Crippen MR) is 145 cm³/mol. The molecule has 0 aromatic heterocycles. The van der Waals surface area contributed by atoms with Crippen molar-refractivity contribution in [3.05, 3.63) is 77.9 Å². The summed E-state index contributed by atoms with van der Waals surface area (Å²) in [5.74, 6) is -1.61. The summed E-state index contributed by atoms with van der Waals surface area (Å²) in [6.45, 7) is 6.01. The minimum Gasteiger partial charge on any atom is -0.507 e. The third-order valence-electron chi connectivity index (χ3n) is 6.59. The van der Waals surface area contributed by atoms with E-state index in [1.54, 1.807) is 18.2 Å². The van der Waals surface area contributed by atoms with Gasteiger partial charge in [0.2, 0.25) is 0 Å². The smallest absolute Gasteiger partial charge is 0.337 e. The van der Waals surface area contributed by atoms with Crippen LogP contribution in [0.2, 0.25) is 0 Å². The molecular weight excluding hydrogens is 486 g/mol. The van der Waals surface area contributed by atoms with Crippen LogP contribution in [0.25, 0.3) is 11.1 Å². The minimum absolute atomic E-state index is 0.0125. The van der Waals surface area contributed by atoms with E-state index in [4.69, 9.17) is 9.84 Å².